The number of fused-ring (bicyclic) bond motifs is 14. The second-order valence-electron chi connectivity index (χ2n) is 21.0. The molecule has 0 saturated carbocycles. The van der Waals surface area contributed by atoms with Crippen molar-refractivity contribution in [3.05, 3.63) is 21.9 Å². The van der Waals surface area contributed by atoms with Crippen LogP contribution in [0.2, 0.25) is 0 Å². The molecule has 8 aromatic rings. The predicted octanol–water partition coefficient (Wildman–Crippen LogP) is 21.5. The van der Waals surface area contributed by atoms with E-state index < -0.39 is 0 Å². The summed E-state index contributed by atoms with van der Waals surface area (Å²) >= 11 is 9.78. The average molecular weight is 1000 g/mol. The Bertz CT molecular complexity index is 2580. The lowest BCUT2D eigenvalue weighted by Crippen LogP contribution is -2.13. The Morgan fingerprint density at radius 1 is 0.403 bits per heavy atom. The lowest BCUT2D eigenvalue weighted by atomic mass is 9.90. The Labute approximate surface area is 425 Å². The van der Waals surface area contributed by atoms with Gasteiger partial charge in [0.25, 0.3) is 0 Å². The quantitative estimate of drug-likeness (QED) is 0.0394. The van der Waals surface area contributed by atoms with Gasteiger partial charge < -0.3 is 9.13 Å². The Morgan fingerprint density at radius 2 is 0.776 bits per heavy atom. The summed E-state index contributed by atoms with van der Waals surface area (Å²) < 4.78 is 25.6. The summed E-state index contributed by atoms with van der Waals surface area (Å²) in [5, 5.41) is 7.96. The van der Waals surface area contributed by atoms with Crippen LogP contribution >= 0.6 is 57.1 Å². The molecule has 0 bridgehead atoms. The van der Waals surface area contributed by atoms with Crippen molar-refractivity contribution in [2.24, 2.45) is 23.7 Å². The molecule has 0 aliphatic heterocycles. The zero-order valence-corrected chi connectivity index (χ0v) is 47.2. The summed E-state index contributed by atoms with van der Waals surface area (Å²) in [4.78, 5) is 0. The van der Waals surface area contributed by atoms with Crippen molar-refractivity contribution in [1.29, 1.82) is 0 Å². The molecule has 0 fully saturated rings. The van der Waals surface area contributed by atoms with Gasteiger partial charge in [0.15, 0.2) is 0 Å². The molecule has 7 heterocycles. The Balaban J connectivity index is 1.37. The fourth-order valence-corrected chi connectivity index (χ4v) is 17.8. The van der Waals surface area contributed by atoms with Gasteiger partial charge in [0.05, 0.1) is 62.0 Å². The van der Waals surface area contributed by atoms with Crippen LogP contribution in [0.4, 0.5) is 0 Å². The van der Waals surface area contributed by atoms with Crippen molar-refractivity contribution in [3.63, 3.8) is 0 Å². The van der Waals surface area contributed by atoms with Crippen LogP contribution in [0.5, 0.6) is 0 Å². The van der Waals surface area contributed by atoms with Crippen LogP contribution in [-0.2, 0) is 25.9 Å². The second kappa shape index (κ2) is 24.9. The van der Waals surface area contributed by atoms with Crippen LogP contribution in [0.3, 0.4) is 0 Å². The van der Waals surface area contributed by atoms with Gasteiger partial charge in [-0.05, 0) is 71.2 Å². The van der Waals surface area contributed by atoms with Crippen LogP contribution in [-0.4, -0.2) is 17.9 Å². The molecule has 7 aromatic heterocycles. The highest BCUT2D eigenvalue weighted by Gasteiger charge is 2.32. The number of hydrogen-bond acceptors (Lipinski definition) is 7. The standard InChI is InChI=1S/C58H86N4S5/c1-9-17-23-25-31-41(29-21-13-5)33-43-37-63-57-51-55(65-53(43)57)45-47-48(60-67-59-47)46-50(49(45)61(51)35-39(15-7)27-19-11-3)62(36-40(16-8)28-20-12-4)52-56(46)66-54-44(38-64-58(52)54)34-42(30-22-14-6)32-26-24-18-10-2/h37-42H,9-36H2,1-8H3. The molecule has 8 rings (SSSR count). The molecule has 67 heavy (non-hydrogen) atoms. The molecule has 4 atom stereocenters. The molecule has 0 aliphatic carbocycles. The normalized spacial score (nSPS) is 14.5. The van der Waals surface area contributed by atoms with E-state index in [0.29, 0.717) is 11.8 Å². The molecule has 0 amide bonds. The van der Waals surface area contributed by atoms with E-state index >= 15 is 0 Å². The Kier molecular flexibility index (Phi) is 19.1. The van der Waals surface area contributed by atoms with Crippen molar-refractivity contribution in [3.8, 4) is 0 Å². The molecular formula is C58H86N4S5. The maximum Gasteiger partial charge on any atom is 0.116 e. The summed E-state index contributed by atoms with van der Waals surface area (Å²) in [6.45, 7) is 21.2. The lowest BCUT2D eigenvalue weighted by molar-refractivity contribution is 0.398. The highest BCUT2D eigenvalue weighted by molar-refractivity contribution is 7.34. The second-order valence-corrected chi connectivity index (χ2v) is 25.3. The average Bonchev–Trinajstić information content (AvgIpc) is 4.22. The summed E-state index contributed by atoms with van der Waals surface area (Å²) in [5.41, 5.74) is 11.5. The third-order valence-electron chi connectivity index (χ3n) is 15.9. The molecule has 4 unspecified atom stereocenters. The summed E-state index contributed by atoms with van der Waals surface area (Å²) in [5.74, 6) is 2.84. The van der Waals surface area contributed by atoms with E-state index in [1.165, 1.54) is 230 Å². The SMILES string of the molecule is CCCCCCC(CCCC)Cc1csc2c1sc1c3c4nsnc4c4c5sc6c(CC(CCCC)CCCCCC)csc6c5n(CC(CC)CCCC)c4c3n(CC(CC)CCCC)c21. The van der Waals surface area contributed by atoms with E-state index in [2.05, 4.69) is 121 Å². The number of aromatic nitrogens is 4. The molecule has 0 N–H and O–H groups in total. The van der Waals surface area contributed by atoms with Gasteiger partial charge in [0, 0.05) is 23.9 Å². The van der Waals surface area contributed by atoms with Gasteiger partial charge in [-0.25, -0.2) is 0 Å². The molecule has 0 aliphatic rings. The van der Waals surface area contributed by atoms with E-state index in [-0.39, 0.29) is 0 Å². The van der Waals surface area contributed by atoms with Gasteiger partial charge in [-0.15, -0.1) is 45.3 Å². The highest BCUT2D eigenvalue weighted by atomic mass is 32.1. The van der Waals surface area contributed by atoms with E-state index in [0.717, 1.165) is 36.0 Å². The summed E-state index contributed by atoms with van der Waals surface area (Å²) in [6, 6.07) is 0. The molecule has 9 heteroatoms. The smallest absolute Gasteiger partial charge is 0.116 e. The predicted molar refractivity (Wildman–Crippen MR) is 308 cm³/mol. The third kappa shape index (κ3) is 10.9. The van der Waals surface area contributed by atoms with Crippen LogP contribution in [0.1, 0.15) is 221 Å². The van der Waals surface area contributed by atoms with Crippen molar-refractivity contribution >= 4 is 129 Å². The van der Waals surface area contributed by atoms with Crippen LogP contribution in [0.15, 0.2) is 10.8 Å². The number of nitrogens with zero attached hydrogens (tertiary/aromatic N) is 4. The van der Waals surface area contributed by atoms with Crippen molar-refractivity contribution < 1.29 is 0 Å². The van der Waals surface area contributed by atoms with Crippen LogP contribution < -0.4 is 0 Å². The van der Waals surface area contributed by atoms with Crippen molar-refractivity contribution in [2.45, 2.75) is 235 Å². The molecule has 0 spiro atoms. The number of unbranched alkanes of at least 4 members (excludes halogenated alkanes) is 10. The van der Waals surface area contributed by atoms with E-state index in [1.807, 2.05) is 0 Å². The maximum atomic E-state index is 5.34. The number of rotatable bonds is 32. The van der Waals surface area contributed by atoms with E-state index in [9.17, 15) is 0 Å². The van der Waals surface area contributed by atoms with Gasteiger partial charge in [-0.3, -0.25) is 0 Å². The van der Waals surface area contributed by atoms with Crippen LogP contribution in [0.25, 0.3) is 72.1 Å². The number of benzene rings is 1. The fraction of sp³-hybridized carbons (Fsp3) is 0.690. The zero-order valence-electron chi connectivity index (χ0n) is 43.1. The third-order valence-corrected chi connectivity index (χ3v) is 21.3. The largest absolute Gasteiger partial charge is 0.337 e. The summed E-state index contributed by atoms with van der Waals surface area (Å²) in [7, 11) is 0. The minimum atomic E-state index is 0.639. The first kappa shape index (κ1) is 51.3. The first-order chi connectivity index (χ1) is 32.9. The first-order valence-corrected chi connectivity index (χ1v) is 32.0. The van der Waals surface area contributed by atoms with Crippen molar-refractivity contribution in [2.75, 3.05) is 0 Å². The minimum absolute atomic E-state index is 0.639. The molecule has 368 valence electrons. The Hall–Kier alpha value is -2.04. The molecule has 0 saturated heterocycles. The molecule has 1 aromatic carbocycles. The van der Waals surface area contributed by atoms with E-state index in [4.69, 9.17) is 8.75 Å². The lowest BCUT2D eigenvalue weighted by Gasteiger charge is -2.20. The topological polar surface area (TPSA) is 35.6 Å². The van der Waals surface area contributed by atoms with Gasteiger partial charge in [-0.2, -0.15) is 8.75 Å². The number of thiophene rings is 4. The highest BCUT2D eigenvalue weighted by Crippen LogP contribution is 2.54. The van der Waals surface area contributed by atoms with Crippen LogP contribution in [0, 0.1) is 23.7 Å². The monoisotopic (exact) mass is 999 g/mol. The Morgan fingerprint density at radius 3 is 1.15 bits per heavy atom. The molecule has 4 nitrogen and oxygen atoms in total. The maximum absolute atomic E-state index is 5.34. The zero-order chi connectivity index (χ0) is 46.9. The van der Waals surface area contributed by atoms with Gasteiger partial charge in [0.2, 0.25) is 0 Å². The minimum Gasteiger partial charge on any atom is -0.337 e. The molecular weight excluding hydrogens is 913 g/mol. The molecule has 0 radical (unpaired) electrons. The summed E-state index contributed by atoms with van der Waals surface area (Å²) in [6.07, 6.45) is 34.2. The van der Waals surface area contributed by atoms with E-state index in [1.54, 1.807) is 20.5 Å². The van der Waals surface area contributed by atoms with Gasteiger partial charge >= 0.3 is 0 Å². The van der Waals surface area contributed by atoms with Gasteiger partial charge in [0.1, 0.15) is 11.0 Å². The fourth-order valence-electron chi connectivity index (χ4n) is 11.8. The van der Waals surface area contributed by atoms with Gasteiger partial charge in [-0.1, -0.05) is 197 Å². The first-order valence-electron chi connectivity index (χ1n) is 27.9. The number of hydrogen-bond donors (Lipinski definition) is 0. The van der Waals surface area contributed by atoms with Crippen molar-refractivity contribution in [1.82, 2.24) is 17.9 Å².